The molecule has 4 aliphatic carbocycles. The summed E-state index contributed by atoms with van der Waals surface area (Å²) in [6, 6.07) is 3.78. The Bertz CT molecular complexity index is 785. The van der Waals surface area contributed by atoms with Crippen LogP contribution >= 0.6 is 11.6 Å². The maximum Gasteiger partial charge on any atom is 0.345 e. The minimum Gasteiger partial charge on any atom is -0.451 e. The second-order valence-corrected chi connectivity index (χ2v) is 8.96. The van der Waals surface area contributed by atoms with E-state index in [2.05, 4.69) is 0 Å². The van der Waals surface area contributed by atoms with Gasteiger partial charge in [-0.3, -0.25) is 14.9 Å². The second kappa shape index (κ2) is 6.59. The normalized spacial score (nSPS) is 32.1. The van der Waals surface area contributed by atoms with Crippen LogP contribution in [0.15, 0.2) is 18.2 Å². The van der Waals surface area contributed by atoms with Crippen LogP contribution in [-0.4, -0.2) is 22.8 Å². The zero-order valence-corrected chi connectivity index (χ0v) is 15.9. The predicted molar refractivity (Wildman–Crippen MR) is 98.6 cm³/mol. The van der Waals surface area contributed by atoms with Gasteiger partial charge < -0.3 is 4.74 Å². The van der Waals surface area contributed by atoms with Crippen molar-refractivity contribution in [3.63, 3.8) is 0 Å². The Kier molecular flexibility index (Phi) is 4.49. The summed E-state index contributed by atoms with van der Waals surface area (Å²) < 4.78 is 5.38. The highest BCUT2D eigenvalue weighted by molar-refractivity contribution is 6.31. The number of carbonyl (C=O) groups excluding carboxylic acids is 2. The van der Waals surface area contributed by atoms with Crippen molar-refractivity contribution in [3.05, 3.63) is 38.9 Å². The van der Waals surface area contributed by atoms with Crippen molar-refractivity contribution in [1.82, 2.24) is 0 Å². The van der Waals surface area contributed by atoms with Gasteiger partial charge in [-0.15, -0.1) is 0 Å². The first kappa shape index (κ1) is 18.4. The molecule has 0 saturated heterocycles. The number of benzene rings is 1. The average Bonchev–Trinajstić information content (AvgIpc) is 2.59. The molecule has 0 spiro atoms. The van der Waals surface area contributed by atoms with Gasteiger partial charge in [0, 0.05) is 16.5 Å². The Morgan fingerprint density at radius 1 is 1.19 bits per heavy atom. The molecule has 4 bridgehead atoms. The predicted octanol–water partition coefficient (Wildman–Crippen LogP) is 4.58. The number of nitro groups is 1. The largest absolute Gasteiger partial charge is 0.451 e. The molecule has 27 heavy (non-hydrogen) atoms. The first-order chi connectivity index (χ1) is 12.8. The fourth-order valence-corrected chi connectivity index (χ4v) is 6.12. The number of Topliss-reactive ketones (excluding diaryl/α,β-unsaturated/α-hetero) is 1. The van der Waals surface area contributed by atoms with Crippen molar-refractivity contribution in [3.8, 4) is 0 Å². The Labute approximate surface area is 162 Å². The zero-order valence-electron chi connectivity index (χ0n) is 15.2. The lowest BCUT2D eigenvalue weighted by Gasteiger charge is -2.56. The summed E-state index contributed by atoms with van der Waals surface area (Å²) in [6.07, 6.45) is 5.42. The smallest absolute Gasteiger partial charge is 0.345 e. The van der Waals surface area contributed by atoms with Crippen LogP contribution in [0.3, 0.4) is 0 Å². The number of nitro benzene ring substituents is 1. The van der Waals surface area contributed by atoms with Crippen LogP contribution in [0, 0.1) is 33.3 Å². The molecule has 4 aliphatic rings. The molecule has 1 aromatic carbocycles. The van der Waals surface area contributed by atoms with Crippen LogP contribution in [0.5, 0.6) is 0 Å². The Morgan fingerprint density at radius 3 is 2.26 bits per heavy atom. The van der Waals surface area contributed by atoms with E-state index in [9.17, 15) is 19.7 Å². The minimum absolute atomic E-state index is 0.0217. The minimum atomic E-state index is -0.913. The Hall–Kier alpha value is -1.95. The first-order valence-electron chi connectivity index (χ1n) is 9.46. The third-order valence-corrected chi connectivity index (χ3v) is 6.83. The molecule has 1 aromatic rings. The monoisotopic (exact) mass is 391 g/mol. The van der Waals surface area contributed by atoms with Crippen molar-refractivity contribution < 1.29 is 19.2 Å². The van der Waals surface area contributed by atoms with Crippen LogP contribution in [0.1, 0.15) is 55.8 Å². The van der Waals surface area contributed by atoms with Crippen molar-refractivity contribution >= 4 is 29.0 Å². The standard InChI is InChI=1S/C20H22ClNO5/c1-11(27-19(24)16-3-2-15(21)7-17(16)22(25)26)18(23)20-8-12-4-13(9-20)6-14(5-12)10-20/h2-3,7,11-14H,4-6,8-10H2,1H3. The number of carbonyl (C=O) groups is 2. The summed E-state index contributed by atoms with van der Waals surface area (Å²) in [7, 11) is 0. The molecule has 4 saturated carbocycles. The molecule has 1 atom stereocenters. The fourth-order valence-electron chi connectivity index (χ4n) is 5.95. The van der Waals surface area contributed by atoms with Crippen molar-refractivity contribution in [1.29, 1.82) is 0 Å². The molecular weight excluding hydrogens is 370 g/mol. The number of ketones is 1. The molecular formula is C20H22ClNO5. The summed E-state index contributed by atoms with van der Waals surface area (Å²) in [5, 5.41) is 11.4. The van der Waals surface area contributed by atoms with E-state index >= 15 is 0 Å². The second-order valence-electron chi connectivity index (χ2n) is 8.53. The fraction of sp³-hybridized carbons (Fsp3) is 0.600. The van der Waals surface area contributed by atoms with Gasteiger partial charge in [0.15, 0.2) is 11.9 Å². The molecule has 0 radical (unpaired) electrons. The highest BCUT2D eigenvalue weighted by Gasteiger charge is 2.55. The lowest BCUT2D eigenvalue weighted by Crippen LogP contribution is -2.52. The third kappa shape index (κ3) is 3.24. The first-order valence-corrected chi connectivity index (χ1v) is 9.84. The van der Waals surface area contributed by atoms with Crippen LogP contribution in [0.25, 0.3) is 0 Å². The van der Waals surface area contributed by atoms with Crippen molar-refractivity contribution in [2.45, 2.75) is 51.6 Å². The van der Waals surface area contributed by atoms with E-state index in [1.807, 2.05) is 0 Å². The summed E-state index contributed by atoms with van der Waals surface area (Å²) in [6.45, 7) is 1.58. The number of rotatable bonds is 5. The van der Waals surface area contributed by atoms with Gasteiger partial charge in [-0.2, -0.15) is 0 Å². The number of hydrogen-bond donors (Lipinski definition) is 0. The van der Waals surface area contributed by atoms with Gasteiger partial charge in [-0.1, -0.05) is 11.6 Å². The molecule has 0 aromatic heterocycles. The molecule has 6 nitrogen and oxygen atoms in total. The van der Waals surface area contributed by atoms with E-state index in [0.29, 0.717) is 17.8 Å². The number of ether oxygens (including phenoxy) is 1. The van der Waals surface area contributed by atoms with Gasteiger partial charge in [0.2, 0.25) is 0 Å². The maximum atomic E-state index is 13.2. The maximum absolute atomic E-state index is 13.2. The van der Waals surface area contributed by atoms with E-state index < -0.39 is 22.7 Å². The SMILES string of the molecule is CC(OC(=O)c1ccc(Cl)cc1[N+](=O)[O-])C(=O)C12CC3CC(CC(C3)C1)C2. The van der Waals surface area contributed by atoms with Gasteiger partial charge in [-0.05, 0) is 75.3 Å². The molecule has 0 aliphatic heterocycles. The van der Waals surface area contributed by atoms with Crippen LogP contribution < -0.4 is 0 Å². The molecule has 0 amide bonds. The summed E-state index contributed by atoms with van der Waals surface area (Å²) in [5.74, 6) is 0.955. The van der Waals surface area contributed by atoms with Crippen LogP contribution in [-0.2, 0) is 9.53 Å². The van der Waals surface area contributed by atoms with E-state index in [4.69, 9.17) is 16.3 Å². The number of hydrogen-bond acceptors (Lipinski definition) is 5. The molecule has 1 unspecified atom stereocenters. The van der Waals surface area contributed by atoms with E-state index in [1.54, 1.807) is 6.92 Å². The molecule has 7 heteroatoms. The molecule has 0 N–H and O–H groups in total. The summed E-state index contributed by atoms with van der Waals surface area (Å²) in [4.78, 5) is 36.2. The Morgan fingerprint density at radius 2 is 1.74 bits per heavy atom. The summed E-state index contributed by atoms with van der Waals surface area (Å²) >= 11 is 5.79. The van der Waals surface area contributed by atoms with Crippen molar-refractivity contribution in [2.75, 3.05) is 0 Å². The third-order valence-electron chi connectivity index (χ3n) is 6.59. The van der Waals surface area contributed by atoms with Gasteiger partial charge in [0.05, 0.1) is 4.92 Å². The van der Waals surface area contributed by atoms with E-state index in [0.717, 1.165) is 25.3 Å². The zero-order chi connectivity index (χ0) is 19.3. The highest BCUT2D eigenvalue weighted by atomic mass is 35.5. The van der Waals surface area contributed by atoms with Crippen LogP contribution in [0.2, 0.25) is 5.02 Å². The quantitative estimate of drug-likeness (QED) is 0.416. The molecule has 4 fully saturated rings. The molecule has 5 rings (SSSR count). The van der Waals surface area contributed by atoms with Gasteiger partial charge in [-0.25, -0.2) is 4.79 Å². The Balaban J connectivity index is 1.51. The lowest BCUT2D eigenvalue weighted by molar-refractivity contribution is -0.385. The van der Waals surface area contributed by atoms with E-state index in [1.165, 1.54) is 31.4 Å². The molecule has 0 heterocycles. The van der Waals surface area contributed by atoms with E-state index in [-0.39, 0.29) is 21.8 Å². The lowest BCUT2D eigenvalue weighted by atomic mass is 9.48. The highest BCUT2D eigenvalue weighted by Crippen LogP contribution is 2.60. The van der Waals surface area contributed by atoms with Crippen LogP contribution in [0.4, 0.5) is 5.69 Å². The number of nitrogens with zero attached hydrogens (tertiary/aromatic N) is 1. The number of esters is 1. The molecule has 144 valence electrons. The summed E-state index contributed by atoms with van der Waals surface area (Å²) in [5.41, 5.74) is -0.975. The number of halogens is 1. The van der Waals surface area contributed by atoms with Gasteiger partial charge in [0.1, 0.15) is 5.56 Å². The average molecular weight is 392 g/mol. The van der Waals surface area contributed by atoms with Gasteiger partial charge in [0.25, 0.3) is 5.69 Å². The van der Waals surface area contributed by atoms with Gasteiger partial charge >= 0.3 is 5.97 Å². The van der Waals surface area contributed by atoms with Crippen molar-refractivity contribution in [2.24, 2.45) is 23.2 Å². The topological polar surface area (TPSA) is 86.5 Å².